The van der Waals surface area contributed by atoms with Gasteiger partial charge in [-0.15, -0.1) is 0 Å². The van der Waals surface area contributed by atoms with Crippen LogP contribution in [0.25, 0.3) is 0 Å². The smallest absolute Gasteiger partial charge is 0.231 e. The molecule has 2 aliphatic rings. The summed E-state index contributed by atoms with van der Waals surface area (Å²) in [6.45, 7) is 2.80. The summed E-state index contributed by atoms with van der Waals surface area (Å²) in [7, 11) is 2.03. The lowest BCUT2D eigenvalue weighted by Gasteiger charge is -2.29. The fraction of sp³-hybridized carbons (Fsp3) is 0.462. The molecular formula is C13H16N2O3. The first-order valence-electron chi connectivity index (χ1n) is 6.10. The third-order valence-electron chi connectivity index (χ3n) is 3.35. The van der Waals surface area contributed by atoms with Crippen LogP contribution in [0.4, 0.5) is 0 Å². The highest BCUT2D eigenvalue weighted by Crippen LogP contribution is 2.32. The lowest BCUT2D eigenvalue weighted by atomic mass is 10.0. The molecule has 5 heteroatoms. The van der Waals surface area contributed by atoms with Gasteiger partial charge in [0, 0.05) is 25.2 Å². The number of hydrogen-bond acceptors (Lipinski definition) is 5. The van der Waals surface area contributed by atoms with Gasteiger partial charge in [0.05, 0.1) is 6.04 Å². The highest BCUT2D eigenvalue weighted by atomic mass is 16.7. The van der Waals surface area contributed by atoms with E-state index in [1.165, 1.54) is 0 Å². The molecule has 0 radical (unpaired) electrons. The van der Waals surface area contributed by atoms with Crippen LogP contribution in [0.3, 0.4) is 0 Å². The van der Waals surface area contributed by atoms with Crippen LogP contribution < -0.4 is 14.8 Å². The number of nitrogens with zero attached hydrogens (tertiary/aromatic N) is 1. The molecular weight excluding hydrogens is 232 g/mol. The Balaban J connectivity index is 1.79. The molecule has 2 heterocycles. The molecule has 1 atom stereocenters. The second-order valence-corrected chi connectivity index (χ2v) is 4.70. The average Bonchev–Trinajstić information content (AvgIpc) is 2.85. The molecule has 0 bridgehead atoms. The van der Waals surface area contributed by atoms with Gasteiger partial charge in [0.2, 0.25) is 6.79 Å². The standard InChI is InChI=1S/C13H16N2O3/c1-15-5-4-14-10(7-15)13(16)9-2-3-11-12(6-9)18-8-17-11/h2-3,6,10,14H,4-5,7-8H2,1H3. The maximum atomic E-state index is 12.4. The summed E-state index contributed by atoms with van der Waals surface area (Å²) in [5, 5.41) is 3.25. The second kappa shape index (κ2) is 4.59. The van der Waals surface area contributed by atoms with E-state index in [1.807, 2.05) is 7.05 Å². The van der Waals surface area contributed by atoms with Crippen LogP contribution in [0.15, 0.2) is 18.2 Å². The van der Waals surface area contributed by atoms with Crippen molar-refractivity contribution in [3.05, 3.63) is 23.8 Å². The number of piperazine rings is 1. The summed E-state index contributed by atoms with van der Waals surface area (Å²) >= 11 is 0. The minimum atomic E-state index is -0.135. The maximum Gasteiger partial charge on any atom is 0.231 e. The fourth-order valence-corrected chi connectivity index (χ4v) is 2.32. The van der Waals surface area contributed by atoms with Crippen LogP contribution in [0.5, 0.6) is 11.5 Å². The maximum absolute atomic E-state index is 12.4. The van der Waals surface area contributed by atoms with Gasteiger partial charge in [0.25, 0.3) is 0 Å². The zero-order valence-corrected chi connectivity index (χ0v) is 10.3. The van der Waals surface area contributed by atoms with Crippen LogP contribution in [-0.2, 0) is 0 Å². The van der Waals surface area contributed by atoms with Crippen molar-refractivity contribution in [2.24, 2.45) is 0 Å². The molecule has 1 aromatic carbocycles. The van der Waals surface area contributed by atoms with Gasteiger partial charge in [0.15, 0.2) is 17.3 Å². The monoisotopic (exact) mass is 248 g/mol. The van der Waals surface area contributed by atoms with Crippen molar-refractivity contribution >= 4 is 5.78 Å². The number of ether oxygens (including phenoxy) is 2. The summed E-state index contributed by atoms with van der Waals surface area (Å²) in [6, 6.07) is 5.22. The Hall–Kier alpha value is -1.59. The summed E-state index contributed by atoms with van der Waals surface area (Å²) in [4.78, 5) is 14.5. The highest BCUT2D eigenvalue weighted by molar-refractivity contribution is 6.00. The van der Waals surface area contributed by atoms with E-state index in [9.17, 15) is 4.79 Å². The number of rotatable bonds is 2. The number of carbonyl (C=O) groups excluding carboxylic acids is 1. The molecule has 3 rings (SSSR count). The zero-order valence-electron chi connectivity index (χ0n) is 10.3. The van der Waals surface area contributed by atoms with Crippen molar-refractivity contribution in [3.63, 3.8) is 0 Å². The average molecular weight is 248 g/mol. The van der Waals surface area contributed by atoms with Crippen molar-refractivity contribution < 1.29 is 14.3 Å². The first kappa shape index (κ1) is 11.5. The molecule has 96 valence electrons. The fourth-order valence-electron chi connectivity index (χ4n) is 2.32. The molecule has 0 amide bonds. The van der Waals surface area contributed by atoms with Crippen molar-refractivity contribution in [3.8, 4) is 11.5 Å². The molecule has 5 nitrogen and oxygen atoms in total. The third-order valence-corrected chi connectivity index (χ3v) is 3.35. The molecule has 1 fully saturated rings. The van der Waals surface area contributed by atoms with E-state index >= 15 is 0 Å². The van der Waals surface area contributed by atoms with Crippen LogP contribution in [0, 0.1) is 0 Å². The van der Waals surface area contributed by atoms with E-state index in [1.54, 1.807) is 18.2 Å². The Kier molecular flexibility index (Phi) is 2.93. The van der Waals surface area contributed by atoms with Gasteiger partial charge < -0.3 is 19.7 Å². The van der Waals surface area contributed by atoms with Crippen molar-refractivity contribution in [1.29, 1.82) is 0 Å². The molecule has 0 aliphatic carbocycles. The van der Waals surface area contributed by atoms with Crippen LogP contribution in [0.1, 0.15) is 10.4 Å². The number of fused-ring (bicyclic) bond motifs is 1. The minimum absolute atomic E-state index is 0.111. The number of nitrogens with one attached hydrogen (secondary N) is 1. The number of carbonyl (C=O) groups is 1. The van der Waals surface area contributed by atoms with Crippen LogP contribution in [-0.4, -0.2) is 50.2 Å². The predicted molar refractivity (Wildman–Crippen MR) is 66.2 cm³/mol. The van der Waals surface area contributed by atoms with Crippen molar-refractivity contribution in [2.45, 2.75) is 6.04 Å². The van der Waals surface area contributed by atoms with Crippen molar-refractivity contribution in [1.82, 2.24) is 10.2 Å². The number of Topliss-reactive ketones (excluding diaryl/α,β-unsaturated/α-hetero) is 1. The predicted octanol–water partition coefficient (Wildman–Crippen LogP) is 0.502. The van der Waals surface area contributed by atoms with Gasteiger partial charge in [-0.3, -0.25) is 4.79 Å². The summed E-state index contributed by atoms with van der Waals surface area (Å²) < 4.78 is 10.5. The van der Waals surface area contributed by atoms with Crippen molar-refractivity contribution in [2.75, 3.05) is 33.5 Å². The van der Waals surface area contributed by atoms with Gasteiger partial charge in [0.1, 0.15) is 0 Å². The van der Waals surface area contributed by atoms with Crippen LogP contribution >= 0.6 is 0 Å². The molecule has 1 aromatic rings. The third kappa shape index (κ3) is 2.07. The lowest BCUT2D eigenvalue weighted by molar-refractivity contribution is 0.0894. The highest BCUT2D eigenvalue weighted by Gasteiger charge is 2.25. The largest absolute Gasteiger partial charge is 0.454 e. The molecule has 1 saturated heterocycles. The first-order chi connectivity index (χ1) is 8.74. The van der Waals surface area contributed by atoms with E-state index in [4.69, 9.17) is 9.47 Å². The summed E-state index contributed by atoms with van der Waals surface area (Å²) in [5.41, 5.74) is 0.673. The summed E-state index contributed by atoms with van der Waals surface area (Å²) in [5.74, 6) is 1.48. The SMILES string of the molecule is CN1CCNC(C(=O)c2ccc3c(c2)OCO3)C1. The van der Waals surface area contributed by atoms with Gasteiger partial charge in [-0.2, -0.15) is 0 Å². The first-order valence-corrected chi connectivity index (χ1v) is 6.10. The molecule has 1 N–H and O–H groups in total. The number of ketones is 1. The van der Waals surface area contributed by atoms with Gasteiger partial charge in [-0.25, -0.2) is 0 Å². The second-order valence-electron chi connectivity index (χ2n) is 4.70. The van der Waals surface area contributed by atoms with Gasteiger partial charge in [-0.1, -0.05) is 0 Å². The van der Waals surface area contributed by atoms with E-state index in [2.05, 4.69) is 10.2 Å². The van der Waals surface area contributed by atoms with Gasteiger partial charge in [-0.05, 0) is 25.2 Å². The van der Waals surface area contributed by atoms with E-state index in [-0.39, 0.29) is 18.6 Å². The Labute approximate surface area is 106 Å². The Bertz CT molecular complexity index is 475. The number of benzene rings is 1. The number of hydrogen-bond donors (Lipinski definition) is 1. The molecule has 0 spiro atoms. The Morgan fingerprint density at radius 2 is 2.22 bits per heavy atom. The molecule has 0 aromatic heterocycles. The zero-order chi connectivity index (χ0) is 12.5. The van der Waals surface area contributed by atoms with E-state index in [0.29, 0.717) is 17.1 Å². The molecule has 0 saturated carbocycles. The van der Waals surface area contributed by atoms with E-state index < -0.39 is 0 Å². The number of likely N-dealkylation sites (N-methyl/N-ethyl adjacent to an activating group) is 1. The topological polar surface area (TPSA) is 50.8 Å². The Morgan fingerprint density at radius 3 is 3.06 bits per heavy atom. The van der Waals surface area contributed by atoms with Gasteiger partial charge >= 0.3 is 0 Å². The van der Waals surface area contributed by atoms with E-state index in [0.717, 1.165) is 19.6 Å². The van der Waals surface area contributed by atoms with Crippen LogP contribution in [0.2, 0.25) is 0 Å². The molecule has 18 heavy (non-hydrogen) atoms. The quantitative estimate of drug-likeness (QED) is 0.772. The molecule has 1 unspecified atom stereocenters. The summed E-state index contributed by atoms with van der Waals surface area (Å²) in [6.07, 6.45) is 0. The Morgan fingerprint density at radius 1 is 1.39 bits per heavy atom. The minimum Gasteiger partial charge on any atom is -0.454 e. The normalized spacial score (nSPS) is 23.1. The molecule has 2 aliphatic heterocycles. The lowest BCUT2D eigenvalue weighted by Crippen LogP contribution is -2.52.